The highest BCUT2D eigenvalue weighted by molar-refractivity contribution is 6.19. The minimum atomic E-state index is -1.14. The van der Waals surface area contributed by atoms with Gasteiger partial charge in [-0.2, -0.15) is 0 Å². The lowest BCUT2D eigenvalue weighted by atomic mass is 9.46. The summed E-state index contributed by atoms with van der Waals surface area (Å²) in [6.07, 6.45) is 4.48. The molecule has 0 spiro atoms. The molecule has 8 nitrogen and oxygen atoms in total. The molecule has 2 aromatic carbocycles. The monoisotopic (exact) mass is 513 g/mol. The Morgan fingerprint density at radius 1 is 0.895 bits per heavy atom. The van der Waals surface area contributed by atoms with E-state index in [0.717, 1.165) is 6.42 Å². The second-order valence-corrected chi connectivity index (χ2v) is 10.9. The number of benzene rings is 2. The zero-order valence-corrected chi connectivity index (χ0v) is 21.7. The summed E-state index contributed by atoms with van der Waals surface area (Å²) >= 11 is 0. The summed E-state index contributed by atoms with van der Waals surface area (Å²) in [4.78, 5) is 51.5. The van der Waals surface area contributed by atoms with E-state index in [1.54, 1.807) is 24.3 Å². The molecule has 2 aliphatic heterocycles. The van der Waals surface area contributed by atoms with Gasteiger partial charge in [0, 0.05) is 45.4 Å². The van der Waals surface area contributed by atoms with Crippen LogP contribution in [0, 0.1) is 17.3 Å². The van der Waals surface area contributed by atoms with Crippen LogP contribution in [-0.2, 0) is 24.6 Å². The summed E-state index contributed by atoms with van der Waals surface area (Å²) in [6.45, 7) is 6.19. The largest absolute Gasteiger partial charge is 0.457 e. The molecule has 0 aromatic heterocycles. The number of hydrogen-bond acceptors (Lipinski definition) is 6. The molecule has 8 heteroatoms. The van der Waals surface area contributed by atoms with E-state index >= 15 is 0 Å². The van der Waals surface area contributed by atoms with E-state index in [1.807, 2.05) is 31.2 Å². The van der Waals surface area contributed by atoms with Crippen molar-refractivity contribution in [2.24, 2.45) is 17.3 Å². The Bertz CT molecular complexity index is 1410. The second-order valence-electron chi connectivity index (χ2n) is 10.9. The first-order valence-electron chi connectivity index (χ1n) is 12.8. The fourth-order valence-electron chi connectivity index (χ4n) is 6.42. The lowest BCUT2D eigenvalue weighted by Gasteiger charge is -2.56. The molecule has 196 valence electrons. The van der Waals surface area contributed by atoms with Gasteiger partial charge in [0.15, 0.2) is 0 Å². The van der Waals surface area contributed by atoms with Crippen LogP contribution in [0.1, 0.15) is 45.6 Å². The number of nitrogen functional groups attached to an aromatic ring is 1. The van der Waals surface area contributed by atoms with Crippen LogP contribution in [0.3, 0.4) is 0 Å². The Kier molecular flexibility index (Phi) is 6.21. The fourth-order valence-corrected chi connectivity index (χ4v) is 6.42. The van der Waals surface area contributed by atoms with E-state index < -0.39 is 34.5 Å². The van der Waals surface area contributed by atoms with Crippen LogP contribution in [0.25, 0.3) is 0 Å². The van der Waals surface area contributed by atoms with Gasteiger partial charge in [-0.1, -0.05) is 39.0 Å². The third-order valence-electron chi connectivity index (χ3n) is 8.49. The van der Waals surface area contributed by atoms with Crippen molar-refractivity contribution in [3.8, 4) is 11.5 Å². The molecule has 4 amide bonds. The minimum Gasteiger partial charge on any atom is -0.457 e. The molecular formula is C30H31N3O5. The van der Waals surface area contributed by atoms with Crippen molar-refractivity contribution in [3.05, 3.63) is 77.4 Å². The first-order valence-corrected chi connectivity index (χ1v) is 12.8. The molecule has 3 aliphatic rings. The summed E-state index contributed by atoms with van der Waals surface area (Å²) in [7, 11) is 0. The summed E-state index contributed by atoms with van der Waals surface area (Å²) in [6, 6.07) is 14.4. The van der Waals surface area contributed by atoms with Gasteiger partial charge in [-0.3, -0.25) is 29.8 Å². The standard InChI is InChI=1S/C30H31N3O5/c1-17(2)18-12-13-29(3,22-14-25(34)32-27(22)36)30(16-18,23-15-26(35)33-28(23)37)21-6-4-5-7-24(21)38-20-10-8-19(31)9-11-20/h4-11,14-15,17-18H,12-13,16,31H2,1-3H3,(H,32,34,36)(H,33,35,37). The zero-order chi connectivity index (χ0) is 27.2. The van der Waals surface area contributed by atoms with Crippen molar-refractivity contribution in [1.29, 1.82) is 0 Å². The smallest absolute Gasteiger partial charge is 0.255 e. The van der Waals surface area contributed by atoms with Gasteiger partial charge in [0.2, 0.25) is 0 Å². The van der Waals surface area contributed by atoms with E-state index in [2.05, 4.69) is 24.5 Å². The summed E-state index contributed by atoms with van der Waals surface area (Å²) in [5.74, 6) is -0.476. The van der Waals surface area contributed by atoms with Crippen LogP contribution in [0.2, 0.25) is 0 Å². The third-order valence-corrected chi connectivity index (χ3v) is 8.49. The molecule has 2 heterocycles. The number of para-hydroxylation sites is 1. The summed E-state index contributed by atoms with van der Waals surface area (Å²) in [5, 5.41) is 4.80. The van der Waals surface area contributed by atoms with Crippen LogP contribution < -0.4 is 21.1 Å². The van der Waals surface area contributed by atoms with E-state index in [9.17, 15) is 19.2 Å². The van der Waals surface area contributed by atoms with Gasteiger partial charge in [0.25, 0.3) is 23.6 Å². The normalized spacial score (nSPS) is 27.2. The molecule has 0 bridgehead atoms. The zero-order valence-electron chi connectivity index (χ0n) is 21.7. The van der Waals surface area contributed by atoms with Crippen LogP contribution in [0.5, 0.6) is 11.5 Å². The topological polar surface area (TPSA) is 128 Å². The highest BCUT2D eigenvalue weighted by Gasteiger charge is 2.62. The van der Waals surface area contributed by atoms with Gasteiger partial charge in [0.05, 0.1) is 0 Å². The number of carbonyl (C=O) groups excluding carboxylic acids is 4. The number of ether oxygens (including phenoxy) is 1. The lowest BCUT2D eigenvalue weighted by Crippen LogP contribution is -2.54. The molecule has 2 aromatic rings. The maximum Gasteiger partial charge on any atom is 0.255 e. The number of imide groups is 2. The molecule has 3 unspecified atom stereocenters. The molecule has 4 N–H and O–H groups in total. The second kappa shape index (κ2) is 9.28. The molecule has 0 radical (unpaired) electrons. The predicted octanol–water partition coefficient (Wildman–Crippen LogP) is 3.93. The van der Waals surface area contributed by atoms with Crippen LogP contribution in [-0.4, -0.2) is 23.6 Å². The molecular weight excluding hydrogens is 482 g/mol. The van der Waals surface area contributed by atoms with Crippen molar-refractivity contribution < 1.29 is 23.9 Å². The van der Waals surface area contributed by atoms with E-state index in [0.29, 0.717) is 41.2 Å². The van der Waals surface area contributed by atoms with Crippen molar-refractivity contribution in [3.63, 3.8) is 0 Å². The summed E-state index contributed by atoms with van der Waals surface area (Å²) in [5.41, 5.74) is 5.57. The van der Waals surface area contributed by atoms with Crippen LogP contribution in [0.4, 0.5) is 5.69 Å². The molecule has 0 saturated heterocycles. The quantitative estimate of drug-likeness (QED) is 0.397. The number of nitrogens with one attached hydrogen (secondary N) is 2. The first kappa shape index (κ1) is 25.4. The summed E-state index contributed by atoms with van der Waals surface area (Å²) < 4.78 is 6.38. The van der Waals surface area contributed by atoms with Gasteiger partial charge in [-0.25, -0.2) is 0 Å². The van der Waals surface area contributed by atoms with Gasteiger partial charge in [-0.15, -0.1) is 0 Å². The van der Waals surface area contributed by atoms with Crippen molar-refractivity contribution in [2.45, 2.75) is 45.4 Å². The number of anilines is 1. The number of amides is 4. The van der Waals surface area contributed by atoms with Gasteiger partial charge >= 0.3 is 0 Å². The minimum absolute atomic E-state index is 0.179. The van der Waals surface area contributed by atoms with Crippen molar-refractivity contribution in [1.82, 2.24) is 10.6 Å². The van der Waals surface area contributed by atoms with Gasteiger partial charge < -0.3 is 10.5 Å². The maximum absolute atomic E-state index is 13.5. The van der Waals surface area contributed by atoms with E-state index in [4.69, 9.17) is 10.5 Å². The number of nitrogens with two attached hydrogens (primary N) is 1. The Hall–Kier alpha value is -4.20. The number of rotatable bonds is 6. The van der Waals surface area contributed by atoms with Crippen LogP contribution in [0.15, 0.2) is 71.8 Å². The molecule has 1 aliphatic carbocycles. The molecule has 3 atom stereocenters. The lowest BCUT2D eigenvalue weighted by molar-refractivity contribution is -0.127. The molecule has 5 rings (SSSR count). The fraction of sp³-hybridized carbons (Fsp3) is 0.333. The highest BCUT2D eigenvalue weighted by Crippen LogP contribution is 2.64. The third kappa shape index (κ3) is 4.00. The predicted molar refractivity (Wildman–Crippen MR) is 142 cm³/mol. The average Bonchev–Trinajstić information content (AvgIpc) is 3.40. The SMILES string of the molecule is CC(C)C1CCC(C)(C2=CC(=O)NC2=O)C(C2=CC(=O)NC2=O)(c2ccccc2Oc2ccc(N)cc2)C1. The van der Waals surface area contributed by atoms with Gasteiger partial charge in [-0.05, 0) is 61.4 Å². The highest BCUT2D eigenvalue weighted by atomic mass is 16.5. The molecule has 38 heavy (non-hydrogen) atoms. The van der Waals surface area contributed by atoms with Crippen molar-refractivity contribution in [2.75, 3.05) is 5.73 Å². The number of hydrogen-bond donors (Lipinski definition) is 3. The molecule has 1 fully saturated rings. The van der Waals surface area contributed by atoms with Crippen LogP contribution >= 0.6 is 0 Å². The Labute approximate surface area is 221 Å². The maximum atomic E-state index is 13.5. The Balaban J connectivity index is 1.80. The number of carbonyl (C=O) groups is 4. The average molecular weight is 514 g/mol. The van der Waals surface area contributed by atoms with Crippen molar-refractivity contribution >= 4 is 29.3 Å². The Morgan fingerprint density at radius 3 is 2.08 bits per heavy atom. The first-order chi connectivity index (χ1) is 18.0. The van der Waals surface area contributed by atoms with E-state index in [-0.39, 0.29) is 17.4 Å². The van der Waals surface area contributed by atoms with E-state index in [1.165, 1.54) is 12.2 Å². The molecule has 1 saturated carbocycles. The van der Waals surface area contributed by atoms with Gasteiger partial charge in [0.1, 0.15) is 11.5 Å². The Morgan fingerprint density at radius 2 is 1.50 bits per heavy atom.